The number of hydrogen-bond donors (Lipinski definition) is 1. The highest BCUT2D eigenvalue weighted by atomic mass is 79.9. The Hall–Kier alpha value is -3.21. The summed E-state index contributed by atoms with van der Waals surface area (Å²) >= 11 is 3.49. The molecular formula is C30H37BrN4O4S. The van der Waals surface area contributed by atoms with Crippen molar-refractivity contribution in [3.8, 4) is 0 Å². The van der Waals surface area contributed by atoms with E-state index < -0.39 is 28.7 Å². The summed E-state index contributed by atoms with van der Waals surface area (Å²) in [6.07, 6.45) is 2.01. The number of unbranched alkanes of at least 4 members (excludes halogenated alkanes) is 1. The number of carbonyl (C=O) groups is 2. The Labute approximate surface area is 246 Å². The van der Waals surface area contributed by atoms with Crippen molar-refractivity contribution >= 4 is 43.6 Å². The molecule has 2 amide bonds. The van der Waals surface area contributed by atoms with Crippen molar-refractivity contribution in [3.05, 3.63) is 101 Å². The summed E-state index contributed by atoms with van der Waals surface area (Å²) in [7, 11) is -1.16. The number of anilines is 1. The standard InChI is InChI=1S/C30H37BrN4O4S/c1-4-5-19-32-30(37)28(21-24-13-8-6-9-14-24)34(22-25-15-12-16-26(31)20-25)29(36)23-35(40(38,39)33(2)3)27-17-10-7-11-18-27/h6-18,20,28H,4-5,19,21-23H2,1-3H3,(H,32,37)/t28-/m1/s1. The van der Waals surface area contributed by atoms with Gasteiger partial charge in [0, 0.05) is 38.1 Å². The highest BCUT2D eigenvalue weighted by Gasteiger charge is 2.34. The van der Waals surface area contributed by atoms with Gasteiger partial charge < -0.3 is 10.2 Å². The summed E-state index contributed by atoms with van der Waals surface area (Å²) in [6.45, 7) is 2.19. The molecule has 0 aliphatic rings. The van der Waals surface area contributed by atoms with Gasteiger partial charge in [-0.25, -0.2) is 4.31 Å². The van der Waals surface area contributed by atoms with Crippen molar-refractivity contribution in [2.24, 2.45) is 0 Å². The third-order valence-corrected chi connectivity index (χ3v) is 8.72. The molecule has 0 aromatic heterocycles. The number of halogens is 1. The van der Waals surface area contributed by atoms with Crippen LogP contribution in [0.15, 0.2) is 89.4 Å². The lowest BCUT2D eigenvalue weighted by Gasteiger charge is -2.34. The Morgan fingerprint density at radius 1 is 0.900 bits per heavy atom. The molecule has 10 heteroatoms. The van der Waals surface area contributed by atoms with Gasteiger partial charge in [-0.15, -0.1) is 0 Å². The maximum Gasteiger partial charge on any atom is 0.304 e. The van der Waals surface area contributed by atoms with Crippen molar-refractivity contribution in [1.82, 2.24) is 14.5 Å². The second kappa shape index (κ2) is 15.0. The molecule has 0 fully saturated rings. The van der Waals surface area contributed by atoms with E-state index >= 15 is 0 Å². The fourth-order valence-electron chi connectivity index (χ4n) is 4.20. The van der Waals surface area contributed by atoms with Crippen LogP contribution >= 0.6 is 15.9 Å². The lowest BCUT2D eigenvalue weighted by Crippen LogP contribution is -2.54. The molecule has 1 atom stereocenters. The first-order valence-corrected chi connectivity index (χ1v) is 15.4. The Balaban J connectivity index is 2.05. The normalized spacial score (nSPS) is 12.1. The van der Waals surface area contributed by atoms with Crippen molar-refractivity contribution in [3.63, 3.8) is 0 Å². The molecule has 0 bridgehead atoms. The van der Waals surface area contributed by atoms with Crippen LogP contribution in [0.25, 0.3) is 0 Å². The molecule has 3 aromatic carbocycles. The number of nitrogens with zero attached hydrogens (tertiary/aromatic N) is 3. The zero-order valence-corrected chi connectivity index (χ0v) is 25.6. The molecule has 0 heterocycles. The van der Waals surface area contributed by atoms with E-state index in [4.69, 9.17) is 0 Å². The van der Waals surface area contributed by atoms with Gasteiger partial charge in [-0.05, 0) is 41.8 Å². The Kier molecular flexibility index (Phi) is 11.7. The lowest BCUT2D eigenvalue weighted by molar-refractivity contribution is -0.140. The molecular weight excluding hydrogens is 592 g/mol. The van der Waals surface area contributed by atoms with E-state index in [0.717, 1.165) is 37.1 Å². The number of amides is 2. The van der Waals surface area contributed by atoms with Crippen LogP contribution < -0.4 is 9.62 Å². The SMILES string of the molecule is CCCCNC(=O)[C@@H](Cc1ccccc1)N(Cc1cccc(Br)c1)C(=O)CN(c1ccccc1)S(=O)(=O)N(C)C. The third-order valence-electron chi connectivity index (χ3n) is 6.41. The summed E-state index contributed by atoms with van der Waals surface area (Å²) in [5.74, 6) is -0.761. The number of para-hydroxylation sites is 1. The third kappa shape index (κ3) is 8.64. The van der Waals surface area contributed by atoms with Crippen molar-refractivity contribution < 1.29 is 18.0 Å². The minimum absolute atomic E-state index is 0.127. The van der Waals surface area contributed by atoms with Crippen LogP contribution in [0, 0.1) is 0 Å². The molecule has 0 aliphatic carbocycles. The number of nitrogens with one attached hydrogen (secondary N) is 1. The highest BCUT2D eigenvalue weighted by molar-refractivity contribution is 9.10. The molecule has 1 N–H and O–H groups in total. The van der Waals surface area contributed by atoms with E-state index in [1.165, 1.54) is 19.0 Å². The topological polar surface area (TPSA) is 90.0 Å². The van der Waals surface area contributed by atoms with Crippen LogP contribution in [-0.4, -0.2) is 62.7 Å². The van der Waals surface area contributed by atoms with Crippen molar-refractivity contribution in [2.75, 3.05) is 31.5 Å². The van der Waals surface area contributed by atoms with Gasteiger partial charge in [-0.1, -0.05) is 89.9 Å². The van der Waals surface area contributed by atoms with Crippen LogP contribution in [-0.2, 0) is 32.8 Å². The van der Waals surface area contributed by atoms with Gasteiger partial charge in [0.1, 0.15) is 12.6 Å². The zero-order chi connectivity index (χ0) is 29.1. The summed E-state index contributed by atoms with van der Waals surface area (Å²) < 4.78 is 29.7. The molecule has 8 nitrogen and oxygen atoms in total. The quantitative estimate of drug-likeness (QED) is 0.264. The van der Waals surface area contributed by atoms with Crippen LogP contribution in [0.1, 0.15) is 30.9 Å². The Morgan fingerprint density at radius 3 is 2.12 bits per heavy atom. The van der Waals surface area contributed by atoms with Crippen LogP contribution in [0.4, 0.5) is 5.69 Å². The van der Waals surface area contributed by atoms with Gasteiger partial charge in [0.05, 0.1) is 5.69 Å². The molecule has 0 saturated carbocycles. The van der Waals surface area contributed by atoms with E-state index in [-0.39, 0.29) is 18.9 Å². The molecule has 0 radical (unpaired) electrons. The number of rotatable bonds is 14. The van der Waals surface area contributed by atoms with Gasteiger partial charge >= 0.3 is 10.2 Å². The van der Waals surface area contributed by atoms with Crippen molar-refractivity contribution in [1.29, 1.82) is 0 Å². The Morgan fingerprint density at radius 2 is 1.52 bits per heavy atom. The first-order chi connectivity index (χ1) is 19.1. The molecule has 0 aliphatic heterocycles. The highest BCUT2D eigenvalue weighted by Crippen LogP contribution is 2.22. The molecule has 40 heavy (non-hydrogen) atoms. The smallest absolute Gasteiger partial charge is 0.304 e. The van der Waals surface area contributed by atoms with E-state index in [1.54, 1.807) is 30.3 Å². The molecule has 0 unspecified atom stereocenters. The molecule has 214 valence electrons. The van der Waals surface area contributed by atoms with Gasteiger partial charge in [-0.2, -0.15) is 12.7 Å². The maximum atomic E-state index is 14.2. The zero-order valence-electron chi connectivity index (χ0n) is 23.2. The summed E-state index contributed by atoms with van der Waals surface area (Å²) in [5.41, 5.74) is 2.06. The minimum atomic E-state index is -4.01. The molecule has 0 saturated heterocycles. The number of hydrogen-bond acceptors (Lipinski definition) is 4. The van der Waals surface area contributed by atoms with E-state index in [2.05, 4.69) is 21.2 Å². The summed E-state index contributed by atoms with van der Waals surface area (Å²) in [6, 6.07) is 24.7. The van der Waals surface area contributed by atoms with Gasteiger partial charge in [0.25, 0.3) is 0 Å². The van der Waals surface area contributed by atoms with E-state index in [1.807, 2.05) is 61.5 Å². The largest absolute Gasteiger partial charge is 0.354 e. The predicted octanol–water partition coefficient (Wildman–Crippen LogP) is 4.62. The van der Waals surface area contributed by atoms with Crippen molar-refractivity contribution in [2.45, 2.75) is 38.8 Å². The summed E-state index contributed by atoms with van der Waals surface area (Å²) in [4.78, 5) is 29.3. The van der Waals surface area contributed by atoms with E-state index in [0.29, 0.717) is 12.2 Å². The monoisotopic (exact) mass is 628 g/mol. The van der Waals surface area contributed by atoms with Gasteiger partial charge in [0.15, 0.2) is 0 Å². The number of carbonyl (C=O) groups excluding carboxylic acids is 2. The average molecular weight is 630 g/mol. The van der Waals surface area contributed by atoms with Gasteiger partial charge in [-0.3, -0.25) is 9.59 Å². The van der Waals surface area contributed by atoms with Gasteiger partial charge in [0.2, 0.25) is 11.8 Å². The average Bonchev–Trinajstić information content (AvgIpc) is 2.94. The number of benzene rings is 3. The molecule has 3 aromatic rings. The maximum absolute atomic E-state index is 14.2. The van der Waals surface area contributed by atoms with E-state index in [9.17, 15) is 18.0 Å². The first-order valence-electron chi connectivity index (χ1n) is 13.2. The fraction of sp³-hybridized carbons (Fsp3) is 0.333. The first kappa shape index (κ1) is 31.3. The molecule has 3 rings (SSSR count). The Bertz CT molecular complexity index is 1350. The van der Waals surface area contributed by atoms with Crippen LogP contribution in [0.3, 0.4) is 0 Å². The summed E-state index contributed by atoms with van der Waals surface area (Å²) in [5, 5.41) is 2.99. The second-order valence-corrected chi connectivity index (χ2v) is 12.6. The van der Waals surface area contributed by atoms with Crippen LogP contribution in [0.5, 0.6) is 0 Å². The molecule has 0 spiro atoms. The van der Waals surface area contributed by atoms with Crippen LogP contribution in [0.2, 0.25) is 0 Å². The second-order valence-electron chi connectivity index (χ2n) is 9.63. The lowest BCUT2D eigenvalue weighted by atomic mass is 10.0. The fourth-order valence-corrected chi connectivity index (χ4v) is 5.71. The minimum Gasteiger partial charge on any atom is -0.354 e. The predicted molar refractivity (Wildman–Crippen MR) is 163 cm³/mol.